The molecule has 0 heterocycles. The lowest BCUT2D eigenvalue weighted by molar-refractivity contribution is -0.149. The summed E-state index contributed by atoms with van der Waals surface area (Å²) in [6.07, 6.45) is 0. The number of esters is 1. The fourth-order valence-corrected chi connectivity index (χ4v) is 2.37. The van der Waals surface area contributed by atoms with Crippen LogP contribution in [-0.4, -0.2) is 31.6 Å². The maximum atomic E-state index is 14.1. The Morgan fingerprint density at radius 1 is 1.11 bits per heavy atom. The second-order valence-electron chi connectivity index (χ2n) is 6.45. The summed E-state index contributed by atoms with van der Waals surface area (Å²) in [6, 6.07) is 11.2. The van der Waals surface area contributed by atoms with Crippen molar-refractivity contribution in [1.29, 1.82) is 0 Å². The van der Waals surface area contributed by atoms with Crippen LogP contribution in [0.3, 0.4) is 0 Å². The molecular formula is C20H23FN2O4. The molecule has 2 N–H and O–H groups in total. The Morgan fingerprint density at radius 2 is 1.78 bits per heavy atom. The van der Waals surface area contributed by atoms with Crippen LogP contribution in [0.4, 0.5) is 10.1 Å². The van der Waals surface area contributed by atoms with E-state index >= 15 is 0 Å². The largest absolute Gasteiger partial charge is 0.497 e. The lowest BCUT2D eigenvalue weighted by atomic mass is 10.0. The summed E-state index contributed by atoms with van der Waals surface area (Å²) in [5, 5.41) is 5.30. The standard InChI is InChI=1S/C20H23FN2O4/c1-20(2,19(25)27-12-13-5-8-15(26-4)9-6-13)23-14-7-10-16(17(21)11-14)18(24)22-3/h5-11,23H,12H2,1-4H3,(H,22,24). The molecule has 0 fully saturated rings. The van der Waals surface area contributed by atoms with E-state index in [1.165, 1.54) is 25.2 Å². The molecule has 0 saturated carbocycles. The first kappa shape index (κ1) is 20.2. The highest BCUT2D eigenvalue weighted by Gasteiger charge is 2.29. The second-order valence-corrected chi connectivity index (χ2v) is 6.45. The summed E-state index contributed by atoms with van der Waals surface area (Å²) >= 11 is 0. The van der Waals surface area contributed by atoms with Crippen molar-refractivity contribution in [1.82, 2.24) is 5.32 Å². The SMILES string of the molecule is CNC(=O)c1ccc(NC(C)(C)C(=O)OCc2ccc(OC)cc2)cc1F. The van der Waals surface area contributed by atoms with Crippen molar-refractivity contribution in [3.63, 3.8) is 0 Å². The van der Waals surface area contributed by atoms with Crippen molar-refractivity contribution in [2.45, 2.75) is 26.0 Å². The Morgan fingerprint density at radius 3 is 2.33 bits per heavy atom. The predicted molar refractivity (Wildman–Crippen MR) is 100 cm³/mol. The summed E-state index contributed by atoms with van der Waals surface area (Å²) in [5.41, 5.74) is 0.0309. The minimum Gasteiger partial charge on any atom is -0.497 e. The summed E-state index contributed by atoms with van der Waals surface area (Å²) in [5.74, 6) is -0.970. The quantitative estimate of drug-likeness (QED) is 0.728. The molecule has 0 bridgehead atoms. The zero-order chi connectivity index (χ0) is 20.0. The van der Waals surface area contributed by atoms with E-state index < -0.39 is 23.2 Å². The minimum absolute atomic E-state index is 0.0667. The van der Waals surface area contributed by atoms with Crippen molar-refractivity contribution in [3.05, 3.63) is 59.4 Å². The first-order valence-electron chi connectivity index (χ1n) is 8.37. The highest BCUT2D eigenvalue weighted by molar-refractivity contribution is 5.94. The van der Waals surface area contributed by atoms with Crippen LogP contribution in [0.5, 0.6) is 5.75 Å². The summed E-state index contributed by atoms with van der Waals surface area (Å²) < 4.78 is 24.5. The smallest absolute Gasteiger partial charge is 0.331 e. The molecule has 144 valence electrons. The average Bonchev–Trinajstić information content (AvgIpc) is 2.65. The number of hydrogen-bond acceptors (Lipinski definition) is 5. The molecule has 0 radical (unpaired) electrons. The molecule has 27 heavy (non-hydrogen) atoms. The van der Waals surface area contributed by atoms with Crippen LogP contribution >= 0.6 is 0 Å². The Balaban J connectivity index is 2.00. The van der Waals surface area contributed by atoms with Crippen LogP contribution < -0.4 is 15.4 Å². The first-order chi connectivity index (χ1) is 12.8. The average molecular weight is 374 g/mol. The number of halogens is 1. The number of rotatable bonds is 7. The molecule has 6 nitrogen and oxygen atoms in total. The third-order valence-corrected chi connectivity index (χ3v) is 3.94. The molecule has 0 aliphatic rings. The van der Waals surface area contributed by atoms with Gasteiger partial charge in [-0.05, 0) is 49.7 Å². The highest BCUT2D eigenvalue weighted by atomic mass is 19.1. The third-order valence-electron chi connectivity index (χ3n) is 3.94. The topological polar surface area (TPSA) is 76.7 Å². The van der Waals surface area contributed by atoms with Gasteiger partial charge in [-0.2, -0.15) is 0 Å². The maximum absolute atomic E-state index is 14.1. The van der Waals surface area contributed by atoms with Crippen LogP contribution in [-0.2, 0) is 16.1 Å². The van der Waals surface area contributed by atoms with Crippen LogP contribution in [0.25, 0.3) is 0 Å². The van der Waals surface area contributed by atoms with Gasteiger partial charge in [-0.1, -0.05) is 12.1 Å². The van der Waals surface area contributed by atoms with Crippen LogP contribution in [0, 0.1) is 5.82 Å². The Kier molecular flexibility index (Phi) is 6.39. The lowest BCUT2D eigenvalue weighted by Gasteiger charge is -2.25. The molecule has 0 aliphatic carbocycles. The normalized spacial score (nSPS) is 10.9. The summed E-state index contributed by atoms with van der Waals surface area (Å²) in [4.78, 5) is 24.0. The molecule has 0 unspecified atom stereocenters. The monoisotopic (exact) mass is 374 g/mol. The van der Waals surface area contributed by atoms with Gasteiger partial charge in [0.15, 0.2) is 0 Å². The summed E-state index contributed by atoms with van der Waals surface area (Å²) in [7, 11) is 3.00. The van der Waals surface area contributed by atoms with Crippen molar-refractivity contribution >= 4 is 17.6 Å². The van der Waals surface area contributed by atoms with E-state index in [0.717, 1.165) is 5.56 Å². The number of ether oxygens (including phenoxy) is 2. The van der Waals surface area contributed by atoms with E-state index in [0.29, 0.717) is 11.4 Å². The zero-order valence-corrected chi connectivity index (χ0v) is 15.8. The van der Waals surface area contributed by atoms with Gasteiger partial charge < -0.3 is 20.1 Å². The Labute approximate surface area is 157 Å². The fourth-order valence-electron chi connectivity index (χ4n) is 2.37. The number of methoxy groups -OCH3 is 1. The number of carbonyl (C=O) groups is 2. The number of benzene rings is 2. The predicted octanol–water partition coefficient (Wildman–Crippen LogP) is 3.13. The van der Waals surface area contributed by atoms with Gasteiger partial charge in [0, 0.05) is 12.7 Å². The second kappa shape index (κ2) is 8.53. The van der Waals surface area contributed by atoms with E-state index in [9.17, 15) is 14.0 Å². The van der Waals surface area contributed by atoms with Gasteiger partial charge in [-0.25, -0.2) is 9.18 Å². The molecule has 0 spiro atoms. The molecule has 0 saturated heterocycles. The van der Waals surface area contributed by atoms with E-state index in [4.69, 9.17) is 9.47 Å². The van der Waals surface area contributed by atoms with Crippen molar-refractivity contribution in [2.24, 2.45) is 0 Å². The van der Waals surface area contributed by atoms with Crippen LogP contribution in [0.15, 0.2) is 42.5 Å². The van der Waals surface area contributed by atoms with Gasteiger partial charge in [-0.3, -0.25) is 4.79 Å². The number of nitrogens with one attached hydrogen (secondary N) is 2. The molecule has 0 atom stereocenters. The molecule has 0 aromatic heterocycles. The van der Waals surface area contributed by atoms with E-state index in [1.807, 2.05) is 0 Å². The molecule has 0 aliphatic heterocycles. The number of anilines is 1. The van der Waals surface area contributed by atoms with Gasteiger partial charge in [0.05, 0.1) is 12.7 Å². The number of carbonyl (C=O) groups excluding carboxylic acids is 2. The van der Waals surface area contributed by atoms with Gasteiger partial charge in [0.1, 0.15) is 23.7 Å². The highest BCUT2D eigenvalue weighted by Crippen LogP contribution is 2.20. The third kappa shape index (κ3) is 5.20. The minimum atomic E-state index is -1.09. The molecule has 7 heteroatoms. The number of hydrogen-bond donors (Lipinski definition) is 2. The van der Waals surface area contributed by atoms with Crippen LogP contribution in [0.2, 0.25) is 0 Å². The molecule has 1 amide bonds. The zero-order valence-electron chi connectivity index (χ0n) is 15.8. The Hall–Kier alpha value is -3.09. The van der Waals surface area contributed by atoms with Gasteiger partial charge >= 0.3 is 5.97 Å². The van der Waals surface area contributed by atoms with Crippen LogP contribution in [0.1, 0.15) is 29.8 Å². The van der Waals surface area contributed by atoms with E-state index in [2.05, 4.69) is 10.6 Å². The lowest BCUT2D eigenvalue weighted by Crippen LogP contribution is -2.41. The molecule has 2 aromatic carbocycles. The first-order valence-corrected chi connectivity index (χ1v) is 8.37. The molecule has 2 aromatic rings. The van der Waals surface area contributed by atoms with Crippen molar-refractivity contribution in [3.8, 4) is 5.75 Å². The molecular weight excluding hydrogens is 351 g/mol. The fraction of sp³-hybridized carbons (Fsp3) is 0.300. The van der Waals surface area contributed by atoms with E-state index in [-0.39, 0.29) is 12.2 Å². The number of amides is 1. The summed E-state index contributed by atoms with van der Waals surface area (Å²) in [6.45, 7) is 3.37. The Bertz CT molecular complexity index is 819. The van der Waals surface area contributed by atoms with E-state index in [1.54, 1.807) is 45.2 Å². The maximum Gasteiger partial charge on any atom is 0.331 e. The van der Waals surface area contributed by atoms with Gasteiger partial charge in [-0.15, -0.1) is 0 Å². The van der Waals surface area contributed by atoms with Crippen molar-refractivity contribution < 1.29 is 23.5 Å². The van der Waals surface area contributed by atoms with Gasteiger partial charge in [0.2, 0.25) is 0 Å². The molecule has 2 rings (SSSR count). The van der Waals surface area contributed by atoms with Crippen molar-refractivity contribution in [2.75, 3.05) is 19.5 Å². The van der Waals surface area contributed by atoms with Gasteiger partial charge in [0.25, 0.3) is 5.91 Å².